The van der Waals surface area contributed by atoms with Gasteiger partial charge in [-0.25, -0.2) is 4.98 Å². The molecule has 2 amide bonds. The number of carbonyl (C=O) groups excluding carboxylic acids is 2. The second-order valence-corrected chi connectivity index (χ2v) is 9.43. The molecule has 7 nitrogen and oxygen atoms in total. The maximum Gasteiger partial charge on any atom is 0.268 e. The number of rotatable bonds is 7. The Morgan fingerprint density at radius 3 is 2.67 bits per heavy atom. The predicted octanol–water partition coefficient (Wildman–Crippen LogP) is 5.25. The van der Waals surface area contributed by atoms with Gasteiger partial charge in [-0.1, -0.05) is 43.3 Å². The minimum atomic E-state index is -0.627. The highest BCUT2D eigenvalue weighted by Crippen LogP contribution is 2.39. The van der Waals surface area contributed by atoms with E-state index in [1.165, 1.54) is 16.2 Å². The van der Waals surface area contributed by atoms with Crippen LogP contribution in [0.5, 0.6) is 5.75 Å². The number of amides is 2. The van der Waals surface area contributed by atoms with E-state index in [0.29, 0.717) is 17.9 Å². The van der Waals surface area contributed by atoms with Crippen LogP contribution in [0.2, 0.25) is 0 Å². The SMILES string of the molecule is CCC1Oc2ccc(-c3csc(-c4ccccn4)n3)cc2N(CC(=O)NC(C)c2ccccc2)C1=O. The lowest BCUT2D eigenvalue weighted by Gasteiger charge is -2.34. The van der Waals surface area contributed by atoms with Gasteiger partial charge in [0, 0.05) is 17.1 Å². The molecule has 5 rings (SSSR count). The van der Waals surface area contributed by atoms with Crippen molar-refractivity contribution in [1.29, 1.82) is 0 Å². The van der Waals surface area contributed by atoms with Gasteiger partial charge < -0.3 is 10.1 Å². The van der Waals surface area contributed by atoms with E-state index in [1.807, 2.05) is 86.0 Å². The predicted molar refractivity (Wildman–Crippen MR) is 141 cm³/mol. The van der Waals surface area contributed by atoms with Crippen LogP contribution in [0.3, 0.4) is 0 Å². The Hall–Kier alpha value is -4.04. The number of nitrogens with one attached hydrogen (secondary N) is 1. The smallest absolute Gasteiger partial charge is 0.268 e. The summed E-state index contributed by atoms with van der Waals surface area (Å²) >= 11 is 1.51. The highest BCUT2D eigenvalue weighted by molar-refractivity contribution is 7.13. The van der Waals surface area contributed by atoms with Crippen LogP contribution in [-0.2, 0) is 9.59 Å². The van der Waals surface area contributed by atoms with E-state index in [0.717, 1.165) is 27.5 Å². The van der Waals surface area contributed by atoms with Crippen LogP contribution in [0.15, 0.2) is 78.3 Å². The molecule has 182 valence electrons. The first kappa shape index (κ1) is 23.7. The summed E-state index contributed by atoms with van der Waals surface area (Å²) < 4.78 is 5.97. The molecule has 0 radical (unpaired) electrons. The van der Waals surface area contributed by atoms with Gasteiger partial charge in [0.15, 0.2) is 6.10 Å². The lowest BCUT2D eigenvalue weighted by molar-refractivity contribution is -0.129. The minimum Gasteiger partial charge on any atom is -0.478 e. The van der Waals surface area contributed by atoms with E-state index >= 15 is 0 Å². The molecule has 0 saturated heterocycles. The Labute approximate surface area is 213 Å². The first-order valence-corrected chi connectivity index (χ1v) is 12.7. The van der Waals surface area contributed by atoms with Crippen molar-refractivity contribution in [2.45, 2.75) is 32.4 Å². The summed E-state index contributed by atoms with van der Waals surface area (Å²) in [5, 5.41) is 5.78. The highest BCUT2D eigenvalue weighted by atomic mass is 32.1. The standard InChI is InChI=1S/C28H26N4O3S/c1-3-24-28(34)32(16-26(33)30-18(2)19-9-5-4-6-10-19)23-15-20(12-13-25(23)35-24)22-17-36-27(31-22)21-11-7-8-14-29-21/h4-15,17-18,24H,3,16H2,1-2H3,(H,30,33). The van der Waals surface area contributed by atoms with Gasteiger partial charge in [0.2, 0.25) is 5.91 Å². The maximum atomic E-state index is 13.2. The van der Waals surface area contributed by atoms with Gasteiger partial charge in [0.25, 0.3) is 5.91 Å². The molecule has 2 aromatic carbocycles. The Bertz CT molecular complexity index is 1370. The van der Waals surface area contributed by atoms with E-state index in [2.05, 4.69) is 10.3 Å². The third-order valence-electron chi connectivity index (χ3n) is 6.09. The van der Waals surface area contributed by atoms with Crippen molar-refractivity contribution in [1.82, 2.24) is 15.3 Å². The number of carbonyl (C=O) groups is 2. The van der Waals surface area contributed by atoms with E-state index in [4.69, 9.17) is 9.72 Å². The molecule has 0 aliphatic carbocycles. The summed E-state index contributed by atoms with van der Waals surface area (Å²) in [6, 6.07) is 20.9. The number of hydrogen-bond donors (Lipinski definition) is 1. The molecule has 0 saturated carbocycles. The van der Waals surface area contributed by atoms with Crippen LogP contribution in [0.1, 0.15) is 31.9 Å². The van der Waals surface area contributed by atoms with Crippen LogP contribution in [-0.4, -0.2) is 34.4 Å². The second kappa shape index (κ2) is 10.3. The number of nitrogens with zero attached hydrogens (tertiary/aromatic N) is 3. The molecule has 0 bridgehead atoms. The van der Waals surface area contributed by atoms with Crippen molar-refractivity contribution in [3.63, 3.8) is 0 Å². The second-order valence-electron chi connectivity index (χ2n) is 8.57. The van der Waals surface area contributed by atoms with Gasteiger partial charge in [-0.3, -0.25) is 19.5 Å². The largest absolute Gasteiger partial charge is 0.478 e. The minimum absolute atomic E-state index is 0.0947. The molecule has 4 aromatic rings. The van der Waals surface area contributed by atoms with Crippen LogP contribution in [0.4, 0.5) is 5.69 Å². The number of pyridine rings is 1. The van der Waals surface area contributed by atoms with Gasteiger partial charge in [-0.2, -0.15) is 0 Å². The summed E-state index contributed by atoms with van der Waals surface area (Å²) in [4.78, 5) is 36.9. The van der Waals surface area contributed by atoms with E-state index in [1.54, 1.807) is 6.20 Å². The van der Waals surface area contributed by atoms with E-state index in [-0.39, 0.29) is 24.4 Å². The first-order chi connectivity index (χ1) is 17.5. The molecule has 1 aliphatic heterocycles. The van der Waals surface area contributed by atoms with Gasteiger partial charge in [0.1, 0.15) is 17.3 Å². The third kappa shape index (κ3) is 4.85. The number of anilines is 1. The average molecular weight is 499 g/mol. The fourth-order valence-corrected chi connectivity index (χ4v) is 4.98. The van der Waals surface area contributed by atoms with Crippen molar-refractivity contribution in [2.24, 2.45) is 0 Å². The van der Waals surface area contributed by atoms with Gasteiger partial charge in [0.05, 0.1) is 23.1 Å². The number of ether oxygens (including phenoxy) is 1. The molecular weight excluding hydrogens is 472 g/mol. The lowest BCUT2D eigenvalue weighted by Crippen LogP contribution is -2.49. The quantitative estimate of drug-likeness (QED) is 0.376. The molecule has 1 aliphatic rings. The zero-order valence-electron chi connectivity index (χ0n) is 20.0. The number of fused-ring (bicyclic) bond motifs is 1. The van der Waals surface area contributed by atoms with Gasteiger partial charge in [-0.15, -0.1) is 11.3 Å². The summed E-state index contributed by atoms with van der Waals surface area (Å²) in [7, 11) is 0. The third-order valence-corrected chi connectivity index (χ3v) is 6.96. The monoisotopic (exact) mass is 498 g/mol. The molecule has 36 heavy (non-hydrogen) atoms. The summed E-state index contributed by atoms with van der Waals surface area (Å²) in [5.41, 5.74) is 3.98. The number of hydrogen-bond acceptors (Lipinski definition) is 6. The van der Waals surface area contributed by atoms with Crippen molar-refractivity contribution >= 4 is 28.8 Å². The van der Waals surface area contributed by atoms with Crippen LogP contribution in [0, 0.1) is 0 Å². The van der Waals surface area contributed by atoms with Crippen LogP contribution >= 0.6 is 11.3 Å². The number of aromatic nitrogens is 2. The van der Waals surface area contributed by atoms with Gasteiger partial charge in [-0.05, 0) is 49.2 Å². The normalized spacial score (nSPS) is 15.7. The lowest BCUT2D eigenvalue weighted by atomic mass is 10.1. The van der Waals surface area contributed by atoms with Crippen molar-refractivity contribution in [3.05, 3.63) is 83.9 Å². The molecule has 0 fully saturated rings. The fraction of sp³-hybridized carbons (Fsp3) is 0.214. The molecule has 2 unspecified atom stereocenters. The first-order valence-electron chi connectivity index (χ1n) is 11.9. The molecule has 2 atom stereocenters. The number of thiazole rings is 1. The fourth-order valence-electron chi connectivity index (χ4n) is 4.17. The number of benzene rings is 2. The molecule has 1 N–H and O–H groups in total. The summed E-state index contributed by atoms with van der Waals surface area (Å²) in [6.45, 7) is 3.73. The van der Waals surface area contributed by atoms with E-state index in [9.17, 15) is 9.59 Å². The van der Waals surface area contributed by atoms with Crippen LogP contribution < -0.4 is 15.0 Å². The molecular formula is C28H26N4O3S. The molecule has 3 heterocycles. The molecule has 0 spiro atoms. The Morgan fingerprint density at radius 2 is 1.92 bits per heavy atom. The topological polar surface area (TPSA) is 84.4 Å². The molecule has 8 heteroatoms. The highest BCUT2D eigenvalue weighted by Gasteiger charge is 2.35. The molecule has 2 aromatic heterocycles. The Kier molecular flexibility index (Phi) is 6.77. The Morgan fingerprint density at radius 1 is 1.11 bits per heavy atom. The average Bonchev–Trinajstić information content (AvgIpc) is 3.41. The van der Waals surface area contributed by atoms with E-state index < -0.39 is 6.10 Å². The Balaban J connectivity index is 1.41. The van der Waals surface area contributed by atoms with Crippen molar-refractivity contribution in [3.8, 4) is 27.7 Å². The van der Waals surface area contributed by atoms with Crippen LogP contribution in [0.25, 0.3) is 22.0 Å². The zero-order valence-corrected chi connectivity index (χ0v) is 20.9. The summed E-state index contributed by atoms with van der Waals surface area (Å²) in [6.07, 6.45) is 1.62. The van der Waals surface area contributed by atoms with Crippen molar-refractivity contribution in [2.75, 3.05) is 11.4 Å². The summed E-state index contributed by atoms with van der Waals surface area (Å²) in [5.74, 6) is 0.116. The van der Waals surface area contributed by atoms with Gasteiger partial charge >= 0.3 is 0 Å². The maximum absolute atomic E-state index is 13.2. The van der Waals surface area contributed by atoms with Crippen molar-refractivity contribution < 1.29 is 14.3 Å². The zero-order chi connectivity index (χ0) is 25.1.